The van der Waals surface area contributed by atoms with Gasteiger partial charge in [0.25, 0.3) is 0 Å². The van der Waals surface area contributed by atoms with Crippen molar-refractivity contribution in [2.24, 2.45) is 10.9 Å². The average molecular weight is 319 g/mol. The maximum Gasteiger partial charge on any atom is 0.191 e. The molecule has 5 nitrogen and oxygen atoms in total. The molecule has 23 heavy (non-hydrogen) atoms. The Morgan fingerprint density at radius 2 is 2.13 bits per heavy atom. The molecule has 0 spiro atoms. The lowest BCUT2D eigenvalue weighted by Gasteiger charge is -2.21. The molecule has 0 aliphatic heterocycles. The highest BCUT2D eigenvalue weighted by atomic mass is 16.5. The normalized spacial score (nSPS) is 21.5. The van der Waals surface area contributed by atoms with E-state index in [1.165, 1.54) is 19.3 Å². The third kappa shape index (κ3) is 4.53. The first-order valence-corrected chi connectivity index (χ1v) is 8.34. The second kappa shape index (κ2) is 8.09. The first kappa shape index (κ1) is 17.4. The largest absolute Gasteiger partial charge is 0.497 e. The molecule has 0 radical (unpaired) electrons. The lowest BCUT2D eigenvalue weighted by atomic mass is 10.1. The van der Waals surface area contributed by atoms with Gasteiger partial charge in [0.05, 0.1) is 20.3 Å². The zero-order chi connectivity index (χ0) is 16.8. The van der Waals surface area contributed by atoms with Crippen molar-refractivity contribution in [1.29, 1.82) is 0 Å². The van der Waals surface area contributed by atoms with Gasteiger partial charge in [-0.1, -0.05) is 13.3 Å². The van der Waals surface area contributed by atoms with Crippen LogP contribution in [0.5, 0.6) is 11.5 Å². The zero-order valence-electron chi connectivity index (χ0n) is 14.8. The van der Waals surface area contributed by atoms with E-state index in [0.29, 0.717) is 6.04 Å². The molecule has 1 aromatic rings. The first-order valence-electron chi connectivity index (χ1n) is 8.34. The van der Waals surface area contributed by atoms with Crippen LogP contribution in [0.2, 0.25) is 0 Å². The van der Waals surface area contributed by atoms with Gasteiger partial charge >= 0.3 is 0 Å². The Bertz CT molecular complexity index is 545. The quantitative estimate of drug-likeness (QED) is 0.599. The van der Waals surface area contributed by atoms with Crippen LogP contribution in [-0.4, -0.2) is 33.3 Å². The molecular weight excluding hydrogens is 290 g/mol. The van der Waals surface area contributed by atoms with Crippen LogP contribution in [0.1, 0.15) is 44.7 Å². The Kier molecular flexibility index (Phi) is 6.13. The summed E-state index contributed by atoms with van der Waals surface area (Å²) in [6, 6.07) is 6.46. The molecule has 0 heterocycles. The third-order valence-corrected chi connectivity index (χ3v) is 4.38. The number of hydrogen-bond acceptors (Lipinski definition) is 3. The Balaban J connectivity index is 2.01. The second-order valence-electron chi connectivity index (χ2n) is 6.08. The summed E-state index contributed by atoms with van der Waals surface area (Å²) in [5, 5.41) is 6.96. The molecule has 2 rings (SSSR count). The highest BCUT2D eigenvalue weighted by molar-refractivity contribution is 5.81. The maximum absolute atomic E-state index is 5.47. The van der Waals surface area contributed by atoms with Gasteiger partial charge in [0.2, 0.25) is 0 Å². The third-order valence-electron chi connectivity index (χ3n) is 4.38. The molecule has 2 N–H and O–H groups in total. The molecule has 3 unspecified atom stereocenters. The van der Waals surface area contributed by atoms with Gasteiger partial charge < -0.3 is 20.1 Å². The molecule has 0 aromatic heterocycles. The van der Waals surface area contributed by atoms with Gasteiger partial charge in [-0.05, 0) is 43.9 Å². The van der Waals surface area contributed by atoms with E-state index in [2.05, 4.69) is 29.5 Å². The SMILES string of the molecule is CCCC1CC1NC(=NC)NC(C)c1cc(OC)ccc1OC. The fourth-order valence-electron chi connectivity index (χ4n) is 2.92. The lowest BCUT2D eigenvalue weighted by molar-refractivity contribution is 0.394. The summed E-state index contributed by atoms with van der Waals surface area (Å²) in [5.74, 6) is 3.30. The van der Waals surface area contributed by atoms with E-state index >= 15 is 0 Å². The average Bonchev–Trinajstić information content (AvgIpc) is 3.31. The van der Waals surface area contributed by atoms with Crippen LogP contribution in [0.15, 0.2) is 23.2 Å². The number of rotatable bonds is 7. The summed E-state index contributed by atoms with van der Waals surface area (Å²) in [4.78, 5) is 4.35. The van der Waals surface area contributed by atoms with Crippen molar-refractivity contribution in [1.82, 2.24) is 10.6 Å². The van der Waals surface area contributed by atoms with Gasteiger partial charge in [-0.25, -0.2) is 0 Å². The van der Waals surface area contributed by atoms with Crippen LogP contribution in [0.3, 0.4) is 0 Å². The summed E-state index contributed by atoms with van der Waals surface area (Å²) >= 11 is 0. The summed E-state index contributed by atoms with van der Waals surface area (Å²) in [5.41, 5.74) is 1.05. The van der Waals surface area contributed by atoms with Crippen molar-refractivity contribution in [3.63, 3.8) is 0 Å². The molecule has 1 aromatic carbocycles. The monoisotopic (exact) mass is 319 g/mol. The fraction of sp³-hybridized carbons (Fsp3) is 0.611. The number of ether oxygens (including phenoxy) is 2. The minimum Gasteiger partial charge on any atom is -0.497 e. The van der Waals surface area contributed by atoms with Crippen LogP contribution >= 0.6 is 0 Å². The van der Waals surface area contributed by atoms with Gasteiger partial charge in [-0.3, -0.25) is 4.99 Å². The number of nitrogens with zero attached hydrogens (tertiary/aromatic N) is 1. The molecule has 1 saturated carbocycles. The van der Waals surface area contributed by atoms with Crippen molar-refractivity contribution in [2.75, 3.05) is 21.3 Å². The molecule has 0 bridgehead atoms. The predicted molar refractivity (Wildman–Crippen MR) is 94.4 cm³/mol. The summed E-state index contributed by atoms with van der Waals surface area (Å²) < 4.78 is 10.8. The zero-order valence-corrected chi connectivity index (χ0v) is 14.8. The van der Waals surface area contributed by atoms with Crippen molar-refractivity contribution in [3.05, 3.63) is 23.8 Å². The highest BCUT2D eigenvalue weighted by Crippen LogP contribution is 2.34. The van der Waals surface area contributed by atoms with Gasteiger partial charge in [0, 0.05) is 18.7 Å². The van der Waals surface area contributed by atoms with Gasteiger partial charge in [0.1, 0.15) is 11.5 Å². The second-order valence-corrected chi connectivity index (χ2v) is 6.08. The smallest absolute Gasteiger partial charge is 0.191 e. The van der Waals surface area contributed by atoms with E-state index in [0.717, 1.165) is 28.9 Å². The van der Waals surface area contributed by atoms with E-state index < -0.39 is 0 Å². The number of benzene rings is 1. The summed E-state index contributed by atoms with van der Waals surface area (Å²) in [7, 11) is 5.16. The predicted octanol–water partition coefficient (Wildman–Crippen LogP) is 3.12. The van der Waals surface area contributed by atoms with Crippen LogP contribution in [0, 0.1) is 5.92 Å². The molecule has 1 aliphatic carbocycles. The standard InChI is InChI=1S/C18H29N3O2/c1-6-7-13-10-16(13)21-18(19-3)20-12(2)15-11-14(22-4)8-9-17(15)23-5/h8-9,11-13,16H,6-7,10H2,1-5H3,(H2,19,20,21). The molecule has 0 saturated heterocycles. The molecular formula is C18H29N3O2. The molecule has 5 heteroatoms. The summed E-state index contributed by atoms with van der Waals surface area (Å²) in [6.45, 7) is 4.33. The Labute approximate surface area is 139 Å². The van der Waals surface area contributed by atoms with Gasteiger partial charge in [-0.2, -0.15) is 0 Å². The van der Waals surface area contributed by atoms with Crippen molar-refractivity contribution < 1.29 is 9.47 Å². The molecule has 1 fully saturated rings. The first-order chi connectivity index (χ1) is 11.1. The number of guanidine groups is 1. The number of methoxy groups -OCH3 is 2. The van der Waals surface area contributed by atoms with Crippen LogP contribution < -0.4 is 20.1 Å². The van der Waals surface area contributed by atoms with E-state index in [9.17, 15) is 0 Å². The highest BCUT2D eigenvalue weighted by Gasteiger charge is 2.36. The minimum absolute atomic E-state index is 0.0645. The minimum atomic E-state index is 0.0645. The van der Waals surface area contributed by atoms with Crippen LogP contribution in [0.4, 0.5) is 0 Å². The van der Waals surface area contributed by atoms with E-state index in [4.69, 9.17) is 9.47 Å². The van der Waals surface area contributed by atoms with Crippen LogP contribution in [-0.2, 0) is 0 Å². The van der Waals surface area contributed by atoms with E-state index in [1.54, 1.807) is 14.2 Å². The molecule has 0 amide bonds. The summed E-state index contributed by atoms with van der Waals surface area (Å²) in [6.07, 6.45) is 3.77. The molecule has 3 atom stereocenters. The Hall–Kier alpha value is -1.91. The van der Waals surface area contributed by atoms with Crippen molar-refractivity contribution >= 4 is 5.96 Å². The van der Waals surface area contributed by atoms with Gasteiger partial charge in [-0.15, -0.1) is 0 Å². The lowest BCUT2D eigenvalue weighted by Crippen LogP contribution is -2.40. The Morgan fingerprint density at radius 3 is 2.74 bits per heavy atom. The number of hydrogen-bond donors (Lipinski definition) is 2. The van der Waals surface area contributed by atoms with Crippen molar-refractivity contribution in [3.8, 4) is 11.5 Å². The molecule has 128 valence electrons. The number of aliphatic imine (C=N–C) groups is 1. The van der Waals surface area contributed by atoms with Gasteiger partial charge in [0.15, 0.2) is 5.96 Å². The molecule has 1 aliphatic rings. The van der Waals surface area contributed by atoms with Crippen molar-refractivity contribution in [2.45, 2.75) is 45.2 Å². The fourth-order valence-corrected chi connectivity index (χ4v) is 2.92. The van der Waals surface area contributed by atoms with E-state index in [-0.39, 0.29) is 6.04 Å². The Morgan fingerprint density at radius 1 is 1.35 bits per heavy atom. The maximum atomic E-state index is 5.47. The topological polar surface area (TPSA) is 54.9 Å². The number of nitrogens with one attached hydrogen (secondary N) is 2. The van der Waals surface area contributed by atoms with Crippen LogP contribution in [0.25, 0.3) is 0 Å². The van der Waals surface area contributed by atoms with E-state index in [1.807, 2.05) is 25.2 Å².